The van der Waals surface area contributed by atoms with Crippen molar-refractivity contribution >= 4 is 17.4 Å². The van der Waals surface area contributed by atoms with Crippen LogP contribution < -0.4 is 0 Å². The van der Waals surface area contributed by atoms with Crippen LogP contribution >= 0.6 is 11.6 Å². The van der Waals surface area contributed by atoms with Gasteiger partial charge in [0.25, 0.3) is 0 Å². The van der Waals surface area contributed by atoms with Gasteiger partial charge in [0, 0.05) is 17.4 Å². The first-order valence-corrected chi connectivity index (χ1v) is 5.35. The standard InChI is InChI=1S/C12H15ClO/c1-3-9(12(14)4-2)10-7-5-6-8-11(10)13/h5-9H,3-4H2,1-2H3/t9-/m1/s1. The summed E-state index contributed by atoms with van der Waals surface area (Å²) in [6.07, 6.45) is 1.39. The third-order valence-electron chi connectivity index (χ3n) is 2.43. The van der Waals surface area contributed by atoms with Crippen molar-refractivity contribution in [2.45, 2.75) is 32.6 Å². The van der Waals surface area contributed by atoms with Gasteiger partial charge >= 0.3 is 0 Å². The molecule has 1 nitrogen and oxygen atoms in total. The Balaban J connectivity index is 3.01. The Morgan fingerprint density at radius 1 is 1.36 bits per heavy atom. The quantitative estimate of drug-likeness (QED) is 0.739. The molecule has 0 spiro atoms. The monoisotopic (exact) mass is 210 g/mol. The first-order valence-electron chi connectivity index (χ1n) is 4.97. The highest BCUT2D eigenvalue weighted by molar-refractivity contribution is 6.31. The van der Waals surface area contributed by atoms with E-state index in [0.717, 1.165) is 12.0 Å². The molecule has 2 heteroatoms. The molecule has 0 aliphatic rings. The van der Waals surface area contributed by atoms with Crippen LogP contribution in [0, 0.1) is 0 Å². The largest absolute Gasteiger partial charge is 0.299 e. The number of hydrogen-bond acceptors (Lipinski definition) is 1. The number of benzene rings is 1. The van der Waals surface area contributed by atoms with Crippen molar-refractivity contribution in [2.75, 3.05) is 0 Å². The average Bonchev–Trinajstić information content (AvgIpc) is 2.21. The van der Waals surface area contributed by atoms with E-state index in [1.54, 1.807) is 0 Å². The van der Waals surface area contributed by atoms with Crippen molar-refractivity contribution in [2.24, 2.45) is 0 Å². The fourth-order valence-electron chi connectivity index (χ4n) is 1.63. The Hall–Kier alpha value is -0.820. The SMILES string of the molecule is CCC(=O)[C@H](CC)c1ccccc1Cl. The van der Waals surface area contributed by atoms with Crippen molar-refractivity contribution in [3.05, 3.63) is 34.9 Å². The Morgan fingerprint density at radius 3 is 2.50 bits per heavy atom. The fraction of sp³-hybridized carbons (Fsp3) is 0.417. The van der Waals surface area contributed by atoms with Gasteiger partial charge in [-0.15, -0.1) is 0 Å². The molecule has 0 aromatic heterocycles. The minimum Gasteiger partial charge on any atom is -0.299 e. The van der Waals surface area contributed by atoms with Gasteiger partial charge in [-0.25, -0.2) is 0 Å². The number of halogens is 1. The number of carbonyl (C=O) groups is 1. The molecular weight excluding hydrogens is 196 g/mol. The van der Waals surface area contributed by atoms with Gasteiger partial charge in [0.1, 0.15) is 5.78 Å². The smallest absolute Gasteiger partial charge is 0.140 e. The van der Waals surface area contributed by atoms with Crippen LogP contribution in [0.2, 0.25) is 5.02 Å². The van der Waals surface area contributed by atoms with Crippen LogP contribution in [-0.4, -0.2) is 5.78 Å². The first-order chi connectivity index (χ1) is 6.70. The summed E-state index contributed by atoms with van der Waals surface area (Å²) in [6, 6.07) is 7.58. The molecule has 0 bridgehead atoms. The Kier molecular flexibility index (Phi) is 4.15. The first kappa shape index (κ1) is 11.3. The predicted molar refractivity (Wildman–Crippen MR) is 59.8 cm³/mol. The maximum atomic E-state index is 11.6. The minimum atomic E-state index is -0.0336. The van der Waals surface area contributed by atoms with Gasteiger partial charge in [-0.05, 0) is 18.1 Å². The van der Waals surface area contributed by atoms with Gasteiger partial charge in [-0.1, -0.05) is 43.6 Å². The summed E-state index contributed by atoms with van der Waals surface area (Å²) in [6.45, 7) is 3.91. The molecule has 0 aliphatic carbocycles. The Bertz CT molecular complexity index is 320. The number of hydrogen-bond donors (Lipinski definition) is 0. The lowest BCUT2D eigenvalue weighted by atomic mass is 9.91. The van der Waals surface area contributed by atoms with E-state index in [4.69, 9.17) is 11.6 Å². The molecule has 0 saturated carbocycles. The van der Waals surface area contributed by atoms with Crippen molar-refractivity contribution in [3.8, 4) is 0 Å². The Morgan fingerprint density at radius 2 is 2.00 bits per heavy atom. The predicted octanol–water partition coefficient (Wildman–Crippen LogP) is 3.81. The molecule has 0 radical (unpaired) electrons. The second-order valence-electron chi connectivity index (χ2n) is 3.30. The van der Waals surface area contributed by atoms with E-state index in [0.29, 0.717) is 11.4 Å². The normalized spacial score (nSPS) is 12.5. The Labute approximate surface area is 90.1 Å². The molecule has 0 fully saturated rings. The molecule has 1 atom stereocenters. The van der Waals surface area contributed by atoms with E-state index in [2.05, 4.69) is 0 Å². The maximum absolute atomic E-state index is 11.6. The number of Topliss-reactive ketones (excluding diaryl/α,β-unsaturated/α-hetero) is 1. The maximum Gasteiger partial charge on any atom is 0.140 e. The summed E-state index contributed by atoms with van der Waals surface area (Å²) in [4.78, 5) is 11.6. The summed E-state index contributed by atoms with van der Waals surface area (Å²) >= 11 is 6.05. The molecule has 1 aromatic carbocycles. The van der Waals surface area contributed by atoms with Crippen molar-refractivity contribution in [1.29, 1.82) is 0 Å². The van der Waals surface area contributed by atoms with Crippen LogP contribution in [0.5, 0.6) is 0 Å². The van der Waals surface area contributed by atoms with Crippen molar-refractivity contribution in [1.82, 2.24) is 0 Å². The molecule has 0 amide bonds. The van der Waals surface area contributed by atoms with Crippen LogP contribution in [0.25, 0.3) is 0 Å². The summed E-state index contributed by atoms with van der Waals surface area (Å²) in [5.41, 5.74) is 0.962. The molecule has 0 N–H and O–H groups in total. The second kappa shape index (κ2) is 5.16. The molecule has 76 valence electrons. The molecular formula is C12H15ClO. The lowest BCUT2D eigenvalue weighted by Gasteiger charge is -2.14. The van der Waals surface area contributed by atoms with Crippen LogP contribution in [0.1, 0.15) is 38.2 Å². The van der Waals surface area contributed by atoms with E-state index in [1.807, 2.05) is 38.1 Å². The van der Waals surface area contributed by atoms with Gasteiger partial charge in [0.05, 0.1) is 0 Å². The zero-order valence-electron chi connectivity index (χ0n) is 8.59. The highest BCUT2D eigenvalue weighted by atomic mass is 35.5. The summed E-state index contributed by atoms with van der Waals surface area (Å²) in [5.74, 6) is 0.231. The fourth-order valence-corrected chi connectivity index (χ4v) is 1.89. The zero-order valence-corrected chi connectivity index (χ0v) is 9.34. The van der Waals surface area contributed by atoms with E-state index in [-0.39, 0.29) is 11.7 Å². The number of rotatable bonds is 4. The van der Waals surface area contributed by atoms with Crippen LogP contribution in [0.4, 0.5) is 0 Å². The summed E-state index contributed by atoms with van der Waals surface area (Å²) in [5, 5.41) is 0.696. The van der Waals surface area contributed by atoms with Crippen molar-refractivity contribution in [3.63, 3.8) is 0 Å². The molecule has 0 unspecified atom stereocenters. The van der Waals surface area contributed by atoms with Crippen LogP contribution in [-0.2, 0) is 4.79 Å². The lowest BCUT2D eigenvalue weighted by molar-refractivity contribution is -0.120. The van der Waals surface area contributed by atoms with Gasteiger partial charge in [0.15, 0.2) is 0 Å². The van der Waals surface area contributed by atoms with Crippen molar-refractivity contribution < 1.29 is 4.79 Å². The van der Waals surface area contributed by atoms with E-state index >= 15 is 0 Å². The van der Waals surface area contributed by atoms with E-state index in [1.165, 1.54) is 0 Å². The van der Waals surface area contributed by atoms with Gasteiger partial charge in [-0.2, -0.15) is 0 Å². The molecule has 0 saturated heterocycles. The van der Waals surface area contributed by atoms with Crippen LogP contribution in [0.3, 0.4) is 0 Å². The molecule has 1 rings (SSSR count). The summed E-state index contributed by atoms with van der Waals surface area (Å²) in [7, 11) is 0. The number of ketones is 1. The molecule has 1 aromatic rings. The summed E-state index contributed by atoms with van der Waals surface area (Å²) < 4.78 is 0. The third-order valence-corrected chi connectivity index (χ3v) is 2.77. The van der Waals surface area contributed by atoms with Gasteiger partial charge < -0.3 is 0 Å². The lowest BCUT2D eigenvalue weighted by Crippen LogP contribution is -2.10. The molecule has 14 heavy (non-hydrogen) atoms. The molecule has 0 aliphatic heterocycles. The average molecular weight is 211 g/mol. The zero-order chi connectivity index (χ0) is 10.6. The molecule has 0 heterocycles. The van der Waals surface area contributed by atoms with Gasteiger partial charge in [-0.3, -0.25) is 4.79 Å². The topological polar surface area (TPSA) is 17.1 Å². The highest BCUT2D eigenvalue weighted by Gasteiger charge is 2.18. The number of carbonyl (C=O) groups excluding carboxylic acids is 1. The van der Waals surface area contributed by atoms with Gasteiger partial charge in [0.2, 0.25) is 0 Å². The van der Waals surface area contributed by atoms with E-state index in [9.17, 15) is 4.79 Å². The second-order valence-corrected chi connectivity index (χ2v) is 3.71. The van der Waals surface area contributed by atoms with Crippen LogP contribution in [0.15, 0.2) is 24.3 Å². The minimum absolute atomic E-state index is 0.0336. The van der Waals surface area contributed by atoms with E-state index < -0.39 is 0 Å². The highest BCUT2D eigenvalue weighted by Crippen LogP contribution is 2.28. The third kappa shape index (κ3) is 2.36.